The second kappa shape index (κ2) is 10.2. The van der Waals surface area contributed by atoms with Gasteiger partial charge in [0, 0.05) is 47.5 Å². The number of carbonyl (C=O) groups is 2. The number of ether oxygens (including phenoxy) is 1. The first-order chi connectivity index (χ1) is 17.6. The summed E-state index contributed by atoms with van der Waals surface area (Å²) in [5, 5.41) is 3.90. The van der Waals surface area contributed by atoms with Crippen LogP contribution in [0.25, 0.3) is 33.3 Å². The predicted octanol–water partition coefficient (Wildman–Crippen LogP) is 4.56. The van der Waals surface area contributed by atoms with Gasteiger partial charge >= 0.3 is 0 Å². The normalized spacial score (nSPS) is 13.5. The minimum Gasteiger partial charge on any atom is -0.378 e. The number of nitrogens with two attached hydrogens (primary N) is 1. The highest BCUT2D eigenvalue weighted by Gasteiger charge is 2.19. The number of morpholine rings is 1. The van der Waals surface area contributed by atoms with Gasteiger partial charge in [0.05, 0.1) is 13.2 Å². The van der Waals surface area contributed by atoms with Gasteiger partial charge in [-0.1, -0.05) is 43.0 Å². The van der Waals surface area contributed by atoms with Crippen molar-refractivity contribution in [2.75, 3.05) is 31.6 Å². The summed E-state index contributed by atoms with van der Waals surface area (Å²) in [5.74, 6) is -0.249. The molecule has 4 N–H and O–H groups in total. The minimum absolute atomic E-state index is 0.0292. The molecule has 2 heterocycles. The van der Waals surface area contributed by atoms with Crippen LogP contribution in [0, 0.1) is 0 Å². The van der Waals surface area contributed by atoms with Crippen LogP contribution in [-0.2, 0) is 16.1 Å². The molecule has 0 unspecified atom stereocenters. The van der Waals surface area contributed by atoms with Crippen molar-refractivity contribution in [2.24, 2.45) is 5.73 Å². The summed E-state index contributed by atoms with van der Waals surface area (Å²) in [5.41, 5.74) is 13.2. The Hall–Kier alpha value is -4.20. The molecule has 0 saturated carbocycles. The van der Waals surface area contributed by atoms with Crippen LogP contribution in [0.4, 0.5) is 5.69 Å². The molecule has 1 saturated heterocycles. The molecule has 5 rings (SSSR count). The van der Waals surface area contributed by atoms with Gasteiger partial charge in [0.2, 0.25) is 5.91 Å². The number of aromatic amines is 1. The maximum atomic E-state index is 12.8. The van der Waals surface area contributed by atoms with E-state index in [1.54, 1.807) is 0 Å². The summed E-state index contributed by atoms with van der Waals surface area (Å²) in [6.45, 7) is 6.20. The number of carbonyl (C=O) groups excluding carboxylic acids is 2. The highest BCUT2D eigenvalue weighted by Crippen LogP contribution is 2.36. The van der Waals surface area contributed by atoms with Crippen LogP contribution in [0.5, 0.6) is 0 Å². The molecule has 182 valence electrons. The standard InChI is InChI=1S/C29H28N4O3/c1-2-28(34)32-26-8-4-6-22(24(26)18-30)21-5-3-7-25-23(21)17-27(31-25)19-9-11-20(12-10-19)29(35)33-13-15-36-16-14-33/h2-12,17,31H,1,13-16,18,30H2,(H,32,34). The van der Waals surface area contributed by atoms with E-state index in [0.717, 1.165) is 38.9 Å². The van der Waals surface area contributed by atoms with Gasteiger partial charge in [-0.25, -0.2) is 0 Å². The Bertz CT molecular complexity index is 1430. The third-order valence-corrected chi connectivity index (χ3v) is 6.52. The zero-order valence-corrected chi connectivity index (χ0v) is 19.9. The summed E-state index contributed by atoms with van der Waals surface area (Å²) in [6.07, 6.45) is 1.24. The first kappa shape index (κ1) is 23.5. The van der Waals surface area contributed by atoms with Crippen molar-refractivity contribution < 1.29 is 14.3 Å². The van der Waals surface area contributed by atoms with E-state index >= 15 is 0 Å². The van der Waals surface area contributed by atoms with E-state index in [4.69, 9.17) is 10.5 Å². The Balaban J connectivity index is 1.49. The third-order valence-electron chi connectivity index (χ3n) is 6.52. The van der Waals surface area contributed by atoms with Crippen molar-refractivity contribution in [2.45, 2.75) is 6.54 Å². The summed E-state index contributed by atoms with van der Waals surface area (Å²) in [6, 6.07) is 21.6. The quantitative estimate of drug-likeness (QED) is 0.352. The van der Waals surface area contributed by atoms with E-state index in [-0.39, 0.29) is 18.4 Å². The lowest BCUT2D eigenvalue weighted by atomic mass is 9.95. The number of rotatable bonds is 6. The summed E-state index contributed by atoms with van der Waals surface area (Å²) >= 11 is 0. The Kier molecular flexibility index (Phi) is 6.66. The van der Waals surface area contributed by atoms with Crippen LogP contribution in [0.15, 0.2) is 79.4 Å². The van der Waals surface area contributed by atoms with E-state index in [0.29, 0.717) is 37.6 Å². The molecule has 0 atom stereocenters. The molecule has 0 radical (unpaired) electrons. The highest BCUT2D eigenvalue weighted by molar-refractivity contribution is 6.03. The first-order valence-electron chi connectivity index (χ1n) is 11.9. The number of fused-ring (bicyclic) bond motifs is 1. The van der Waals surface area contributed by atoms with Gasteiger partial charge in [-0.05, 0) is 58.7 Å². The van der Waals surface area contributed by atoms with E-state index in [2.05, 4.69) is 29.0 Å². The van der Waals surface area contributed by atoms with Gasteiger partial charge in [0.15, 0.2) is 0 Å². The fraction of sp³-hybridized carbons (Fsp3) is 0.172. The largest absolute Gasteiger partial charge is 0.378 e. The lowest BCUT2D eigenvalue weighted by molar-refractivity contribution is -0.111. The fourth-order valence-corrected chi connectivity index (χ4v) is 4.65. The lowest BCUT2D eigenvalue weighted by Crippen LogP contribution is -2.40. The van der Waals surface area contributed by atoms with Crippen molar-refractivity contribution in [3.8, 4) is 22.4 Å². The van der Waals surface area contributed by atoms with E-state index in [1.807, 2.05) is 59.5 Å². The molecule has 36 heavy (non-hydrogen) atoms. The fourth-order valence-electron chi connectivity index (χ4n) is 4.65. The molecule has 1 aromatic heterocycles. The number of aromatic nitrogens is 1. The number of hydrogen-bond acceptors (Lipinski definition) is 4. The summed E-state index contributed by atoms with van der Waals surface area (Å²) in [4.78, 5) is 30.0. The number of hydrogen-bond donors (Lipinski definition) is 3. The minimum atomic E-state index is -0.278. The maximum Gasteiger partial charge on any atom is 0.254 e. The Morgan fingerprint density at radius 3 is 2.47 bits per heavy atom. The molecule has 1 aliphatic heterocycles. The van der Waals surface area contributed by atoms with Crippen LogP contribution in [0.2, 0.25) is 0 Å². The van der Waals surface area contributed by atoms with E-state index < -0.39 is 0 Å². The number of benzene rings is 3. The van der Waals surface area contributed by atoms with Gasteiger partial charge in [0.25, 0.3) is 5.91 Å². The Morgan fingerprint density at radius 1 is 1.03 bits per heavy atom. The van der Waals surface area contributed by atoms with Gasteiger partial charge in [0.1, 0.15) is 0 Å². The van der Waals surface area contributed by atoms with Crippen LogP contribution in [-0.4, -0.2) is 48.0 Å². The van der Waals surface area contributed by atoms with E-state index in [1.165, 1.54) is 6.08 Å². The van der Waals surface area contributed by atoms with Crippen molar-refractivity contribution in [1.82, 2.24) is 9.88 Å². The van der Waals surface area contributed by atoms with Crippen molar-refractivity contribution in [1.29, 1.82) is 0 Å². The molecular formula is C29H28N4O3. The second-order valence-electron chi connectivity index (χ2n) is 8.66. The zero-order valence-electron chi connectivity index (χ0n) is 19.9. The van der Waals surface area contributed by atoms with Crippen molar-refractivity contribution >= 4 is 28.4 Å². The monoisotopic (exact) mass is 480 g/mol. The zero-order chi connectivity index (χ0) is 25.1. The molecule has 4 aromatic rings. The number of nitrogens with one attached hydrogen (secondary N) is 2. The number of anilines is 1. The average molecular weight is 481 g/mol. The van der Waals surface area contributed by atoms with Gasteiger partial charge in [-0.3, -0.25) is 9.59 Å². The molecule has 0 spiro atoms. The summed E-state index contributed by atoms with van der Waals surface area (Å²) < 4.78 is 5.35. The number of nitrogens with zero attached hydrogens (tertiary/aromatic N) is 1. The molecular weight excluding hydrogens is 452 g/mol. The SMILES string of the molecule is C=CC(=O)Nc1cccc(-c2cccc3[nH]c(-c4ccc(C(=O)N5CCOCC5)cc4)cc23)c1CN. The van der Waals surface area contributed by atoms with Gasteiger partial charge in [-0.15, -0.1) is 0 Å². The molecule has 7 heteroatoms. The molecule has 0 bridgehead atoms. The van der Waals surface area contributed by atoms with Gasteiger partial charge in [-0.2, -0.15) is 0 Å². The molecule has 3 aromatic carbocycles. The van der Waals surface area contributed by atoms with Crippen molar-refractivity contribution in [3.05, 3.63) is 90.5 Å². The third kappa shape index (κ3) is 4.54. The maximum absolute atomic E-state index is 12.8. The Morgan fingerprint density at radius 2 is 1.75 bits per heavy atom. The van der Waals surface area contributed by atoms with Crippen LogP contribution in [0.1, 0.15) is 15.9 Å². The molecule has 0 aliphatic carbocycles. The smallest absolute Gasteiger partial charge is 0.254 e. The van der Waals surface area contributed by atoms with Crippen LogP contribution in [0.3, 0.4) is 0 Å². The highest BCUT2D eigenvalue weighted by atomic mass is 16.5. The topological polar surface area (TPSA) is 100 Å². The lowest BCUT2D eigenvalue weighted by Gasteiger charge is -2.26. The Labute approximate surface area is 209 Å². The molecule has 1 aliphatic rings. The van der Waals surface area contributed by atoms with Crippen LogP contribution >= 0.6 is 0 Å². The number of H-pyrrole nitrogens is 1. The van der Waals surface area contributed by atoms with E-state index in [9.17, 15) is 9.59 Å². The van der Waals surface area contributed by atoms with Gasteiger partial charge < -0.3 is 25.7 Å². The molecule has 2 amide bonds. The molecule has 1 fully saturated rings. The first-order valence-corrected chi connectivity index (χ1v) is 11.9. The average Bonchev–Trinajstić information content (AvgIpc) is 3.37. The van der Waals surface area contributed by atoms with Crippen molar-refractivity contribution in [3.63, 3.8) is 0 Å². The number of amides is 2. The predicted molar refractivity (Wildman–Crippen MR) is 143 cm³/mol. The van der Waals surface area contributed by atoms with Crippen LogP contribution < -0.4 is 11.1 Å². The second-order valence-corrected chi connectivity index (χ2v) is 8.66. The molecule has 7 nitrogen and oxygen atoms in total. The summed E-state index contributed by atoms with van der Waals surface area (Å²) in [7, 11) is 0.